The van der Waals surface area contributed by atoms with Crippen molar-refractivity contribution in [3.8, 4) is 0 Å². The standard InChI is InChI=1S/C12H14N4O2S/c1-3-7-13-12(19)15-14-9(2)10-5-4-6-11(8-10)16(17)18/h3-6,8H,1,7H2,2H3,(H2,13,15,19)/b14-9-. The van der Waals surface area contributed by atoms with E-state index >= 15 is 0 Å². The monoisotopic (exact) mass is 278 g/mol. The zero-order valence-corrected chi connectivity index (χ0v) is 11.2. The summed E-state index contributed by atoms with van der Waals surface area (Å²) in [5.41, 5.74) is 3.95. The van der Waals surface area contributed by atoms with Gasteiger partial charge in [0.2, 0.25) is 0 Å². The molecule has 0 spiro atoms. The Labute approximate surface area is 116 Å². The highest BCUT2D eigenvalue weighted by Gasteiger charge is 2.07. The number of benzene rings is 1. The van der Waals surface area contributed by atoms with E-state index in [9.17, 15) is 10.1 Å². The molecule has 0 aliphatic carbocycles. The maximum atomic E-state index is 10.7. The summed E-state index contributed by atoms with van der Waals surface area (Å²) >= 11 is 4.97. The Morgan fingerprint density at radius 3 is 3.00 bits per heavy atom. The molecular weight excluding hydrogens is 264 g/mol. The molecule has 0 saturated carbocycles. The third kappa shape index (κ3) is 4.84. The van der Waals surface area contributed by atoms with Gasteiger partial charge in [-0.3, -0.25) is 15.5 Å². The lowest BCUT2D eigenvalue weighted by Gasteiger charge is -2.05. The molecule has 19 heavy (non-hydrogen) atoms. The minimum absolute atomic E-state index is 0.0272. The van der Waals surface area contributed by atoms with Crippen LogP contribution in [0.25, 0.3) is 0 Å². The average Bonchev–Trinajstić information content (AvgIpc) is 2.42. The van der Waals surface area contributed by atoms with Crippen LogP contribution in [-0.4, -0.2) is 22.3 Å². The molecule has 0 amide bonds. The Balaban J connectivity index is 2.73. The lowest BCUT2D eigenvalue weighted by molar-refractivity contribution is -0.384. The maximum absolute atomic E-state index is 10.7. The first kappa shape index (κ1) is 14.8. The van der Waals surface area contributed by atoms with E-state index in [0.29, 0.717) is 22.9 Å². The molecule has 0 aromatic heterocycles. The fraction of sp³-hybridized carbons (Fsp3) is 0.167. The van der Waals surface area contributed by atoms with Crippen molar-refractivity contribution in [3.05, 3.63) is 52.6 Å². The van der Waals surface area contributed by atoms with Gasteiger partial charge in [-0.2, -0.15) is 5.10 Å². The van der Waals surface area contributed by atoms with Crippen LogP contribution in [0.4, 0.5) is 5.69 Å². The molecule has 6 nitrogen and oxygen atoms in total. The van der Waals surface area contributed by atoms with Crippen LogP contribution >= 0.6 is 12.2 Å². The third-order valence-corrected chi connectivity index (χ3v) is 2.44. The van der Waals surface area contributed by atoms with Crippen LogP contribution in [0.2, 0.25) is 0 Å². The van der Waals surface area contributed by atoms with Gasteiger partial charge >= 0.3 is 0 Å². The predicted molar refractivity (Wildman–Crippen MR) is 79.2 cm³/mol. The highest BCUT2D eigenvalue weighted by Crippen LogP contribution is 2.13. The van der Waals surface area contributed by atoms with Gasteiger partial charge in [0.05, 0.1) is 10.6 Å². The van der Waals surface area contributed by atoms with E-state index in [2.05, 4.69) is 22.4 Å². The SMILES string of the molecule is C=CCNC(=S)N/N=C(/C)c1cccc([N+](=O)[O-])c1. The number of rotatable bonds is 5. The van der Waals surface area contributed by atoms with Gasteiger partial charge in [-0.25, -0.2) is 0 Å². The van der Waals surface area contributed by atoms with Crippen LogP contribution in [0, 0.1) is 10.1 Å². The lowest BCUT2D eigenvalue weighted by atomic mass is 10.1. The Morgan fingerprint density at radius 1 is 1.63 bits per heavy atom. The van der Waals surface area contributed by atoms with E-state index in [1.54, 1.807) is 25.1 Å². The molecule has 0 unspecified atom stereocenters. The van der Waals surface area contributed by atoms with Crippen LogP contribution < -0.4 is 10.7 Å². The van der Waals surface area contributed by atoms with Gasteiger partial charge in [0.15, 0.2) is 5.11 Å². The van der Waals surface area contributed by atoms with E-state index < -0.39 is 4.92 Å². The van der Waals surface area contributed by atoms with Crippen molar-refractivity contribution in [2.24, 2.45) is 5.10 Å². The summed E-state index contributed by atoms with van der Waals surface area (Å²) in [7, 11) is 0. The topological polar surface area (TPSA) is 79.6 Å². The molecular formula is C12H14N4O2S. The molecule has 0 radical (unpaired) electrons. The molecule has 0 bridgehead atoms. The second-order valence-corrected chi connectivity index (χ2v) is 4.02. The van der Waals surface area contributed by atoms with Crippen molar-refractivity contribution in [2.45, 2.75) is 6.92 Å². The van der Waals surface area contributed by atoms with Crippen LogP contribution in [-0.2, 0) is 0 Å². The highest BCUT2D eigenvalue weighted by atomic mass is 32.1. The number of thiocarbonyl (C=S) groups is 1. The molecule has 100 valence electrons. The molecule has 0 aliphatic rings. The number of hydrazone groups is 1. The van der Waals surface area contributed by atoms with Crippen molar-refractivity contribution in [3.63, 3.8) is 0 Å². The predicted octanol–water partition coefficient (Wildman–Crippen LogP) is 1.97. The molecule has 0 atom stereocenters. The number of nitro benzene ring substituents is 1. The van der Waals surface area contributed by atoms with Crippen LogP contribution in [0.1, 0.15) is 12.5 Å². The van der Waals surface area contributed by atoms with E-state index in [0.717, 1.165) is 0 Å². The summed E-state index contributed by atoms with van der Waals surface area (Å²) in [6.07, 6.45) is 1.67. The maximum Gasteiger partial charge on any atom is 0.270 e. The number of hydrogen-bond acceptors (Lipinski definition) is 4. The molecule has 0 heterocycles. The molecule has 2 N–H and O–H groups in total. The number of non-ortho nitro benzene ring substituents is 1. The van der Waals surface area contributed by atoms with Gasteiger partial charge in [-0.15, -0.1) is 6.58 Å². The minimum atomic E-state index is -0.444. The Morgan fingerprint density at radius 2 is 2.37 bits per heavy atom. The Bertz CT molecular complexity index is 528. The number of hydrogen-bond donors (Lipinski definition) is 2. The molecule has 1 rings (SSSR count). The van der Waals surface area contributed by atoms with E-state index in [1.807, 2.05) is 0 Å². The summed E-state index contributed by atoms with van der Waals surface area (Å²) in [6, 6.07) is 6.25. The van der Waals surface area contributed by atoms with Gasteiger partial charge in [0, 0.05) is 24.2 Å². The molecule has 1 aromatic carbocycles. The van der Waals surface area contributed by atoms with Crippen LogP contribution in [0.15, 0.2) is 42.0 Å². The van der Waals surface area contributed by atoms with E-state index in [-0.39, 0.29) is 5.69 Å². The van der Waals surface area contributed by atoms with Gasteiger partial charge in [0.1, 0.15) is 0 Å². The summed E-state index contributed by atoms with van der Waals surface area (Å²) in [6.45, 7) is 5.83. The van der Waals surface area contributed by atoms with Crippen LogP contribution in [0.3, 0.4) is 0 Å². The Hall–Kier alpha value is -2.28. The average molecular weight is 278 g/mol. The van der Waals surface area contributed by atoms with Crippen LogP contribution in [0.5, 0.6) is 0 Å². The van der Waals surface area contributed by atoms with Crippen molar-refractivity contribution < 1.29 is 4.92 Å². The quantitative estimate of drug-likeness (QED) is 0.283. The number of nitrogens with zero attached hydrogens (tertiary/aromatic N) is 2. The van der Waals surface area contributed by atoms with E-state index in [1.165, 1.54) is 12.1 Å². The number of nitrogens with one attached hydrogen (secondary N) is 2. The zero-order valence-electron chi connectivity index (χ0n) is 10.4. The number of nitro groups is 1. The lowest BCUT2D eigenvalue weighted by Crippen LogP contribution is -2.32. The second-order valence-electron chi connectivity index (χ2n) is 3.62. The van der Waals surface area contributed by atoms with Gasteiger partial charge in [-0.05, 0) is 19.1 Å². The first-order valence-corrected chi connectivity index (χ1v) is 5.89. The Kier molecular flexibility index (Phi) is 5.62. The minimum Gasteiger partial charge on any atom is -0.358 e. The first-order valence-electron chi connectivity index (χ1n) is 5.48. The van der Waals surface area contributed by atoms with Crippen molar-refractivity contribution in [1.29, 1.82) is 0 Å². The molecule has 7 heteroatoms. The summed E-state index contributed by atoms with van der Waals surface area (Å²) in [5.74, 6) is 0. The molecule has 0 fully saturated rings. The smallest absolute Gasteiger partial charge is 0.270 e. The highest BCUT2D eigenvalue weighted by molar-refractivity contribution is 7.80. The molecule has 0 aliphatic heterocycles. The first-order chi connectivity index (χ1) is 9.04. The van der Waals surface area contributed by atoms with Gasteiger partial charge in [-0.1, -0.05) is 18.2 Å². The summed E-state index contributed by atoms with van der Waals surface area (Å²) in [5, 5.41) is 17.9. The fourth-order valence-corrected chi connectivity index (χ4v) is 1.38. The molecule has 1 aromatic rings. The summed E-state index contributed by atoms with van der Waals surface area (Å²) < 4.78 is 0. The summed E-state index contributed by atoms with van der Waals surface area (Å²) in [4.78, 5) is 10.2. The molecule has 0 saturated heterocycles. The van der Waals surface area contributed by atoms with E-state index in [4.69, 9.17) is 12.2 Å². The van der Waals surface area contributed by atoms with Crippen molar-refractivity contribution in [1.82, 2.24) is 10.7 Å². The third-order valence-electron chi connectivity index (χ3n) is 2.21. The largest absolute Gasteiger partial charge is 0.358 e. The van der Waals surface area contributed by atoms with Gasteiger partial charge < -0.3 is 5.32 Å². The van der Waals surface area contributed by atoms with Crippen molar-refractivity contribution >= 4 is 28.7 Å². The normalized spacial score (nSPS) is 10.7. The zero-order chi connectivity index (χ0) is 14.3. The second kappa shape index (κ2) is 7.22. The van der Waals surface area contributed by atoms with Crippen molar-refractivity contribution in [2.75, 3.05) is 6.54 Å². The fourth-order valence-electron chi connectivity index (χ4n) is 1.25. The van der Waals surface area contributed by atoms with Gasteiger partial charge in [0.25, 0.3) is 5.69 Å².